The molecule has 2 rings (SSSR count). The fourth-order valence-electron chi connectivity index (χ4n) is 2.23. The first-order valence-electron chi connectivity index (χ1n) is 7.31. The van der Waals surface area contributed by atoms with Crippen molar-refractivity contribution in [2.75, 3.05) is 5.32 Å². The molecule has 1 N–H and O–H groups in total. The number of halogens is 1. The Kier molecular flexibility index (Phi) is 5.20. The third-order valence-electron chi connectivity index (χ3n) is 3.12. The number of nitrogens with one attached hydrogen (secondary N) is 1. The Morgan fingerprint density at radius 2 is 1.67 bits per heavy atom. The van der Waals surface area contributed by atoms with E-state index in [9.17, 15) is 4.39 Å². The predicted molar refractivity (Wildman–Crippen MR) is 85.4 cm³/mol. The first-order chi connectivity index (χ1) is 10.0. The molecule has 0 heterocycles. The van der Waals surface area contributed by atoms with Crippen molar-refractivity contribution in [1.82, 2.24) is 0 Å². The fourth-order valence-corrected chi connectivity index (χ4v) is 2.23. The number of ether oxygens (including phenoxy) is 1. The molecule has 0 bridgehead atoms. The normalized spacial score (nSPS) is 12.2. The van der Waals surface area contributed by atoms with Crippen LogP contribution in [0.4, 0.5) is 10.1 Å². The monoisotopic (exact) mass is 287 g/mol. The highest BCUT2D eigenvalue weighted by molar-refractivity contribution is 5.47. The van der Waals surface area contributed by atoms with Crippen LogP contribution >= 0.6 is 0 Å². The van der Waals surface area contributed by atoms with E-state index in [0.29, 0.717) is 6.42 Å². The molecule has 0 aliphatic heterocycles. The summed E-state index contributed by atoms with van der Waals surface area (Å²) in [5, 5.41) is 3.38. The molecule has 0 saturated heterocycles. The molecule has 0 aliphatic carbocycles. The summed E-state index contributed by atoms with van der Waals surface area (Å²) in [5.74, 6) is 0.712. The molecule has 0 saturated carbocycles. The van der Waals surface area contributed by atoms with E-state index in [1.165, 1.54) is 6.07 Å². The summed E-state index contributed by atoms with van der Waals surface area (Å²) in [5.41, 5.74) is 1.74. The predicted octanol–water partition coefficient (Wildman–Crippen LogP) is 4.66. The van der Waals surface area contributed by atoms with E-state index in [1.54, 1.807) is 6.07 Å². The van der Waals surface area contributed by atoms with Gasteiger partial charge in [0.2, 0.25) is 0 Å². The van der Waals surface area contributed by atoms with Gasteiger partial charge in [-0.15, -0.1) is 0 Å². The molecule has 21 heavy (non-hydrogen) atoms. The number of hydrogen-bond acceptors (Lipinski definition) is 2. The van der Waals surface area contributed by atoms with Crippen molar-refractivity contribution in [2.24, 2.45) is 0 Å². The van der Waals surface area contributed by atoms with Crippen molar-refractivity contribution in [3.63, 3.8) is 0 Å². The highest BCUT2D eigenvalue weighted by atomic mass is 19.1. The molecule has 2 aromatic rings. The maximum atomic E-state index is 13.6. The largest absolute Gasteiger partial charge is 0.491 e. The molecule has 112 valence electrons. The second-order valence-corrected chi connectivity index (χ2v) is 5.53. The van der Waals surface area contributed by atoms with Crippen LogP contribution in [-0.4, -0.2) is 12.1 Å². The third-order valence-corrected chi connectivity index (χ3v) is 3.12. The molecular formula is C18H22FNO. The van der Waals surface area contributed by atoms with E-state index in [0.717, 1.165) is 17.0 Å². The Hall–Kier alpha value is -2.03. The Labute approximate surface area is 126 Å². The lowest BCUT2D eigenvalue weighted by Crippen LogP contribution is -2.18. The van der Waals surface area contributed by atoms with Crippen molar-refractivity contribution in [1.29, 1.82) is 0 Å². The summed E-state index contributed by atoms with van der Waals surface area (Å²) in [7, 11) is 0. The van der Waals surface area contributed by atoms with Crippen LogP contribution in [0.3, 0.4) is 0 Å². The Bertz CT molecular complexity index is 566. The summed E-state index contributed by atoms with van der Waals surface area (Å²) in [4.78, 5) is 0. The number of anilines is 1. The van der Waals surface area contributed by atoms with Gasteiger partial charge in [0.25, 0.3) is 0 Å². The quantitative estimate of drug-likeness (QED) is 0.834. The van der Waals surface area contributed by atoms with Crippen LogP contribution in [0, 0.1) is 5.82 Å². The standard InChI is InChI=1S/C18H22FNO/c1-13(2)21-17-10-8-16(9-11-17)20-14(3)12-15-6-4-5-7-18(15)19/h4-11,13-14,20H,12H2,1-3H3. The van der Waals surface area contributed by atoms with Gasteiger partial charge in [-0.2, -0.15) is 0 Å². The highest BCUT2D eigenvalue weighted by Gasteiger charge is 2.07. The maximum absolute atomic E-state index is 13.6. The summed E-state index contributed by atoms with van der Waals surface area (Å²) < 4.78 is 19.2. The van der Waals surface area contributed by atoms with Gasteiger partial charge in [-0.1, -0.05) is 18.2 Å². The van der Waals surface area contributed by atoms with E-state index >= 15 is 0 Å². The molecule has 0 aliphatic rings. The van der Waals surface area contributed by atoms with Crippen molar-refractivity contribution in [3.05, 3.63) is 59.9 Å². The van der Waals surface area contributed by atoms with Crippen LogP contribution in [-0.2, 0) is 6.42 Å². The lowest BCUT2D eigenvalue weighted by Gasteiger charge is -2.16. The minimum absolute atomic E-state index is 0.146. The zero-order valence-electron chi connectivity index (χ0n) is 12.8. The van der Waals surface area contributed by atoms with Crippen LogP contribution < -0.4 is 10.1 Å². The molecular weight excluding hydrogens is 265 g/mol. The fraction of sp³-hybridized carbons (Fsp3) is 0.333. The van der Waals surface area contributed by atoms with Gasteiger partial charge in [-0.05, 0) is 63.1 Å². The highest BCUT2D eigenvalue weighted by Crippen LogP contribution is 2.18. The molecule has 0 aromatic heterocycles. The van der Waals surface area contributed by atoms with Crippen LogP contribution in [0.1, 0.15) is 26.3 Å². The summed E-state index contributed by atoms with van der Waals surface area (Å²) in [6.45, 7) is 6.05. The number of benzene rings is 2. The average molecular weight is 287 g/mol. The minimum Gasteiger partial charge on any atom is -0.491 e. The summed E-state index contributed by atoms with van der Waals surface area (Å²) >= 11 is 0. The molecule has 1 atom stereocenters. The molecule has 2 aromatic carbocycles. The number of rotatable bonds is 6. The Morgan fingerprint density at radius 1 is 1.00 bits per heavy atom. The van der Waals surface area contributed by atoms with Gasteiger partial charge >= 0.3 is 0 Å². The van der Waals surface area contributed by atoms with Crippen molar-refractivity contribution in [3.8, 4) is 5.75 Å². The van der Waals surface area contributed by atoms with Gasteiger partial charge < -0.3 is 10.1 Å². The second kappa shape index (κ2) is 7.11. The van der Waals surface area contributed by atoms with Gasteiger partial charge in [0.05, 0.1) is 6.10 Å². The summed E-state index contributed by atoms with van der Waals surface area (Å²) in [6, 6.07) is 14.9. The molecule has 0 spiro atoms. The SMILES string of the molecule is CC(Cc1ccccc1F)Nc1ccc(OC(C)C)cc1. The van der Waals surface area contributed by atoms with Crippen LogP contribution in [0.5, 0.6) is 5.75 Å². The van der Waals surface area contributed by atoms with Crippen molar-refractivity contribution in [2.45, 2.75) is 39.3 Å². The van der Waals surface area contributed by atoms with Crippen LogP contribution in [0.2, 0.25) is 0 Å². The van der Waals surface area contributed by atoms with Gasteiger partial charge in [0.15, 0.2) is 0 Å². The summed E-state index contributed by atoms with van der Waals surface area (Å²) in [6.07, 6.45) is 0.820. The lowest BCUT2D eigenvalue weighted by atomic mass is 10.1. The zero-order chi connectivity index (χ0) is 15.2. The van der Waals surface area contributed by atoms with E-state index in [4.69, 9.17) is 4.74 Å². The van der Waals surface area contributed by atoms with Gasteiger partial charge in [-0.25, -0.2) is 4.39 Å². The van der Waals surface area contributed by atoms with E-state index in [2.05, 4.69) is 5.32 Å². The van der Waals surface area contributed by atoms with Crippen molar-refractivity contribution < 1.29 is 9.13 Å². The van der Waals surface area contributed by atoms with Gasteiger partial charge in [0.1, 0.15) is 11.6 Å². The first kappa shape index (κ1) is 15.4. The molecule has 1 unspecified atom stereocenters. The third kappa shape index (κ3) is 4.78. The maximum Gasteiger partial charge on any atom is 0.126 e. The zero-order valence-corrected chi connectivity index (χ0v) is 12.8. The first-order valence-corrected chi connectivity index (χ1v) is 7.31. The molecule has 0 amide bonds. The second-order valence-electron chi connectivity index (χ2n) is 5.53. The van der Waals surface area contributed by atoms with E-state index in [1.807, 2.05) is 57.2 Å². The van der Waals surface area contributed by atoms with Gasteiger partial charge in [0, 0.05) is 11.7 Å². The topological polar surface area (TPSA) is 21.3 Å². The minimum atomic E-state index is -0.146. The van der Waals surface area contributed by atoms with Crippen LogP contribution in [0.15, 0.2) is 48.5 Å². The molecule has 0 radical (unpaired) electrons. The van der Waals surface area contributed by atoms with Gasteiger partial charge in [-0.3, -0.25) is 0 Å². The molecule has 0 fully saturated rings. The Morgan fingerprint density at radius 3 is 2.29 bits per heavy atom. The average Bonchev–Trinajstić information content (AvgIpc) is 2.43. The molecule has 2 nitrogen and oxygen atoms in total. The van der Waals surface area contributed by atoms with E-state index < -0.39 is 0 Å². The van der Waals surface area contributed by atoms with E-state index in [-0.39, 0.29) is 18.0 Å². The van der Waals surface area contributed by atoms with Crippen molar-refractivity contribution >= 4 is 5.69 Å². The van der Waals surface area contributed by atoms with Crippen LogP contribution in [0.25, 0.3) is 0 Å². The molecule has 3 heteroatoms. The smallest absolute Gasteiger partial charge is 0.126 e. The number of hydrogen-bond donors (Lipinski definition) is 1. The lowest BCUT2D eigenvalue weighted by molar-refractivity contribution is 0.242. The Balaban J connectivity index is 1.93.